The molecule has 0 aliphatic carbocycles. The van der Waals surface area contributed by atoms with Crippen molar-refractivity contribution < 1.29 is 9.59 Å². The van der Waals surface area contributed by atoms with Gasteiger partial charge in [0.2, 0.25) is 5.91 Å². The number of nitrogens with one attached hydrogen (secondary N) is 1. The number of carbonyl (C=O) groups is 2. The molecule has 3 amide bonds. The quantitative estimate of drug-likeness (QED) is 0.811. The number of amides is 3. The molecule has 2 rings (SSSR count). The van der Waals surface area contributed by atoms with Crippen LogP contribution in [0.15, 0.2) is 0 Å². The first-order valence-electron chi connectivity index (χ1n) is 8.00. The molecule has 0 aromatic rings. The van der Waals surface area contributed by atoms with Gasteiger partial charge in [-0.05, 0) is 33.7 Å². The lowest BCUT2D eigenvalue weighted by Crippen LogP contribution is -2.52. The monoisotopic (exact) mass is 296 g/mol. The summed E-state index contributed by atoms with van der Waals surface area (Å²) >= 11 is 0. The Morgan fingerprint density at radius 2 is 1.52 bits per heavy atom. The van der Waals surface area contributed by atoms with Crippen LogP contribution in [0.4, 0.5) is 4.79 Å². The van der Waals surface area contributed by atoms with E-state index in [0.717, 1.165) is 39.0 Å². The summed E-state index contributed by atoms with van der Waals surface area (Å²) in [6.45, 7) is 8.88. The van der Waals surface area contributed by atoms with Gasteiger partial charge >= 0.3 is 6.03 Å². The molecular formula is C15H28N4O2. The Kier molecular flexibility index (Phi) is 5.45. The summed E-state index contributed by atoms with van der Waals surface area (Å²) in [5.41, 5.74) is 0. The molecule has 2 saturated heterocycles. The summed E-state index contributed by atoms with van der Waals surface area (Å²) in [6, 6.07) is 0.151. The number of piperazine rings is 1. The van der Waals surface area contributed by atoms with Gasteiger partial charge in [-0.2, -0.15) is 0 Å². The van der Waals surface area contributed by atoms with Gasteiger partial charge in [0.25, 0.3) is 0 Å². The maximum atomic E-state index is 12.5. The van der Waals surface area contributed by atoms with Gasteiger partial charge in [-0.15, -0.1) is 0 Å². The molecule has 0 bridgehead atoms. The van der Waals surface area contributed by atoms with Gasteiger partial charge in [0.1, 0.15) is 0 Å². The predicted molar refractivity (Wildman–Crippen MR) is 82.0 cm³/mol. The summed E-state index contributed by atoms with van der Waals surface area (Å²) in [5, 5.41) is 2.91. The third-order valence-electron chi connectivity index (χ3n) is 4.36. The van der Waals surface area contributed by atoms with E-state index in [2.05, 4.69) is 17.3 Å². The molecule has 2 aliphatic rings. The molecule has 0 unspecified atom stereocenters. The normalized spacial score (nSPS) is 21.7. The van der Waals surface area contributed by atoms with E-state index in [1.807, 2.05) is 23.6 Å². The van der Waals surface area contributed by atoms with E-state index in [-0.39, 0.29) is 23.9 Å². The lowest BCUT2D eigenvalue weighted by molar-refractivity contribution is -0.138. The van der Waals surface area contributed by atoms with Gasteiger partial charge in [0.15, 0.2) is 0 Å². The van der Waals surface area contributed by atoms with Crippen molar-refractivity contribution in [2.75, 3.05) is 46.3 Å². The first-order chi connectivity index (χ1) is 9.97. The third-order valence-corrected chi connectivity index (χ3v) is 4.36. The average Bonchev–Trinajstić information content (AvgIpc) is 2.47. The van der Waals surface area contributed by atoms with E-state index < -0.39 is 0 Å². The third kappa shape index (κ3) is 4.33. The first-order valence-corrected chi connectivity index (χ1v) is 8.00. The first kappa shape index (κ1) is 16.1. The van der Waals surface area contributed by atoms with Crippen molar-refractivity contribution in [1.82, 2.24) is 20.0 Å². The fourth-order valence-electron chi connectivity index (χ4n) is 2.95. The van der Waals surface area contributed by atoms with Gasteiger partial charge < -0.3 is 20.0 Å². The molecular weight excluding hydrogens is 268 g/mol. The van der Waals surface area contributed by atoms with Crippen LogP contribution >= 0.6 is 0 Å². The topological polar surface area (TPSA) is 55.9 Å². The fourth-order valence-corrected chi connectivity index (χ4v) is 2.95. The van der Waals surface area contributed by atoms with E-state index >= 15 is 0 Å². The SMILES string of the molecule is CC(C)NC(=O)N1CCC(C(=O)N2CCN(C)CC2)CC1. The van der Waals surface area contributed by atoms with Gasteiger partial charge in [0, 0.05) is 51.2 Å². The summed E-state index contributed by atoms with van der Waals surface area (Å²) in [4.78, 5) is 30.5. The molecule has 6 nitrogen and oxygen atoms in total. The lowest BCUT2D eigenvalue weighted by atomic mass is 9.95. The van der Waals surface area contributed by atoms with E-state index in [0.29, 0.717) is 13.1 Å². The fraction of sp³-hybridized carbons (Fsp3) is 0.867. The predicted octanol–water partition coefficient (Wildman–Crippen LogP) is 0.590. The number of hydrogen-bond acceptors (Lipinski definition) is 3. The van der Waals surface area contributed by atoms with Crippen molar-refractivity contribution in [2.24, 2.45) is 5.92 Å². The number of carbonyl (C=O) groups excluding carboxylic acids is 2. The van der Waals surface area contributed by atoms with E-state index in [9.17, 15) is 9.59 Å². The van der Waals surface area contributed by atoms with Crippen molar-refractivity contribution in [3.63, 3.8) is 0 Å². The summed E-state index contributed by atoms with van der Waals surface area (Å²) < 4.78 is 0. The Morgan fingerprint density at radius 1 is 0.952 bits per heavy atom. The van der Waals surface area contributed by atoms with Crippen molar-refractivity contribution in [1.29, 1.82) is 0 Å². The number of rotatable bonds is 2. The maximum Gasteiger partial charge on any atom is 0.317 e. The Hall–Kier alpha value is -1.30. The maximum absolute atomic E-state index is 12.5. The molecule has 2 aliphatic heterocycles. The average molecular weight is 296 g/mol. The second-order valence-electron chi connectivity index (χ2n) is 6.49. The van der Waals surface area contributed by atoms with Gasteiger partial charge in [-0.1, -0.05) is 0 Å². The van der Waals surface area contributed by atoms with Crippen LogP contribution in [0.1, 0.15) is 26.7 Å². The Morgan fingerprint density at radius 3 is 2.05 bits per heavy atom. The number of hydrogen-bond donors (Lipinski definition) is 1. The molecule has 2 heterocycles. The minimum absolute atomic E-state index is 0.00417. The van der Waals surface area contributed by atoms with E-state index in [1.54, 1.807) is 0 Å². The van der Waals surface area contributed by atoms with E-state index in [1.165, 1.54) is 0 Å². The highest BCUT2D eigenvalue weighted by Crippen LogP contribution is 2.20. The molecule has 1 N–H and O–H groups in total. The van der Waals surface area contributed by atoms with Gasteiger partial charge in [0.05, 0.1) is 0 Å². The minimum Gasteiger partial charge on any atom is -0.340 e. The molecule has 0 saturated carbocycles. The number of likely N-dealkylation sites (tertiary alicyclic amines) is 1. The van der Waals surface area contributed by atoms with Crippen LogP contribution in [0.2, 0.25) is 0 Å². The molecule has 0 spiro atoms. The van der Waals surface area contributed by atoms with Crippen molar-refractivity contribution in [3.05, 3.63) is 0 Å². The van der Waals surface area contributed by atoms with Crippen LogP contribution in [0.25, 0.3) is 0 Å². The van der Waals surface area contributed by atoms with Crippen LogP contribution in [-0.4, -0.2) is 79.0 Å². The van der Waals surface area contributed by atoms with Crippen LogP contribution in [0.3, 0.4) is 0 Å². The van der Waals surface area contributed by atoms with E-state index in [4.69, 9.17) is 0 Å². The number of nitrogens with zero attached hydrogens (tertiary/aromatic N) is 3. The highest BCUT2D eigenvalue weighted by atomic mass is 16.2. The number of likely N-dealkylation sites (N-methyl/N-ethyl adjacent to an activating group) is 1. The summed E-state index contributed by atoms with van der Waals surface area (Å²) in [5.74, 6) is 0.378. The summed E-state index contributed by atoms with van der Waals surface area (Å²) in [6.07, 6.45) is 1.58. The van der Waals surface area contributed by atoms with Gasteiger partial charge in [-0.3, -0.25) is 4.79 Å². The molecule has 120 valence electrons. The molecule has 0 radical (unpaired) electrons. The molecule has 6 heteroatoms. The van der Waals surface area contributed by atoms with Crippen molar-refractivity contribution in [3.8, 4) is 0 Å². The van der Waals surface area contributed by atoms with Crippen LogP contribution in [0.5, 0.6) is 0 Å². The Balaban J connectivity index is 1.78. The molecule has 0 aromatic heterocycles. The molecule has 0 aromatic carbocycles. The zero-order valence-corrected chi connectivity index (χ0v) is 13.5. The Labute approximate surface area is 127 Å². The highest BCUT2D eigenvalue weighted by Gasteiger charge is 2.31. The van der Waals surface area contributed by atoms with Crippen LogP contribution in [-0.2, 0) is 4.79 Å². The minimum atomic E-state index is -0.00417. The van der Waals surface area contributed by atoms with Gasteiger partial charge in [-0.25, -0.2) is 4.79 Å². The lowest BCUT2D eigenvalue weighted by Gasteiger charge is -2.37. The number of piperidine rings is 1. The van der Waals surface area contributed by atoms with Crippen molar-refractivity contribution in [2.45, 2.75) is 32.7 Å². The zero-order valence-electron chi connectivity index (χ0n) is 13.5. The number of urea groups is 1. The molecule has 0 atom stereocenters. The largest absolute Gasteiger partial charge is 0.340 e. The van der Waals surface area contributed by atoms with Crippen LogP contribution in [0, 0.1) is 5.92 Å². The molecule has 2 fully saturated rings. The summed E-state index contributed by atoms with van der Waals surface area (Å²) in [7, 11) is 2.09. The van der Waals surface area contributed by atoms with Crippen LogP contribution < -0.4 is 5.32 Å². The second kappa shape index (κ2) is 7.11. The standard InChI is InChI=1S/C15H28N4O2/c1-12(2)16-15(21)19-6-4-13(5-7-19)14(20)18-10-8-17(3)9-11-18/h12-13H,4-11H2,1-3H3,(H,16,21). The second-order valence-corrected chi connectivity index (χ2v) is 6.49. The highest BCUT2D eigenvalue weighted by molar-refractivity contribution is 5.80. The smallest absolute Gasteiger partial charge is 0.317 e. The van der Waals surface area contributed by atoms with Crippen molar-refractivity contribution >= 4 is 11.9 Å². The Bertz CT molecular complexity index is 370. The molecule has 21 heavy (non-hydrogen) atoms. The zero-order chi connectivity index (χ0) is 15.4.